The molecule has 1 aromatic heterocycles. The molecule has 1 aliphatic rings. The number of anilines is 1. The van der Waals surface area contributed by atoms with Crippen LogP contribution in [0.15, 0.2) is 45.8 Å². The minimum absolute atomic E-state index is 0.104. The zero-order valence-electron chi connectivity index (χ0n) is 14.7. The van der Waals surface area contributed by atoms with Gasteiger partial charge in [-0.1, -0.05) is 27.5 Å². The number of carbonyl (C=O) groups is 1. The number of ether oxygens (including phenoxy) is 1. The number of hydrogen-bond donors (Lipinski definition) is 1. The Labute approximate surface area is 169 Å². The predicted molar refractivity (Wildman–Crippen MR) is 110 cm³/mol. The molecule has 1 amide bonds. The Bertz CT molecular complexity index is 1160. The second kappa shape index (κ2) is 6.69. The van der Waals surface area contributed by atoms with Crippen molar-refractivity contribution in [3.63, 3.8) is 0 Å². The summed E-state index contributed by atoms with van der Waals surface area (Å²) in [4.78, 5) is 25.8. The highest BCUT2D eigenvalue weighted by Crippen LogP contribution is 2.34. The largest absolute Gasteiger partial charge is 0.495 e. The lowest BCUT2D eigenvalue weighted by atomic mass is 10.1. The number of carbonyl (C=O) groups excluding carboxylic acids is 1. The van der Waals surface area contributed by atoms with E-state index in [1.807, 2.05) is 10.6 Å². The van der Waals surface area contributed by atoms with Crippen molar-refractivity contribution in [1.29, 1.82) is 0 Å². The molecular formula is C20H16BrClN2O3. The zero-order chi connectivity index (χ0) is 19.3. The fourth-order valence-electron chi connectivity index (χ4n) is 3.57. The molecule has 1 aliphatic heterocycles. The zero-order valence-corrected chi connectivity index (χ0v) is 17.0. The molecule has 0 saturated heterocycles. The van der Waals surface area contributed by atoms with Crippen LogP contribution in [0.1, 0.15) is 28.9 Å². The standard InChI is InChI=1S/C20H16BrClN2O3/c1-10-5-11-6-12(21)7-14-18(11)24(10)9-15(19(14)25)20(26)23-13-3-4-17(27-2)16(22)8-13/h3-4,6-10H,5H2,1-2H3,(H,23,26)/t10-/m1/s1. The van der Waals surface area contributed by atoms with Gasteiger partial charge in [-0.2, -0.15) is 0 Å². The molecule has 5 nitrogen and oxygen atoms in total. The molecule has 0 spiro atoms. The highest BCUT2D eigenvalue weighted by Gasteiger charge is 2.25. The third kappa shape index (κ3) is 3.03. The third-order valence-corrected chi connectivity index (χ3v) is 5.57. The molecule has 138 valence electrons. The summed E-state index contributed by atoms with van der Waals surface area (Å²) in [5, 5.41) is 3.68. The third-order valence-electron chi connectivity index (χ3n) is 4.81. The number of nitrogens with one attached hydrogen (secondary N) is 1. The lowest BCUT2D eigenvalue weighted by Crippen LogP contribution is -2.23. The van der Waals surface area contributed by atoms with Gasteiger partial charge in [-0.05, 0) is 49.2 Å². The van der Waals surface area contributed by atoms with Crippen LogP contribution in [-0.4, -0.2) is 17.6 Å². The predicted octanol–water partition coefficient (Wildman–Crippen LogP) is 4.80. The number of halogens is 2. The van der Waals surface area contributed by atoms with Gasteiger partial charge < -0.3 is 14.6 Å². The van der Waals surface area contributed by atoms with E-state index in [2.05, 4.69) is 28.2 Å². The normalized spacial score (nSPS) is 15.2. The first-order chi connectivity index (χ1) is 12.9. The lowest BCUT2D eigenvalue weighted by Gasteiger charge is -2.13. The summed E-state index contributed by atoms with van der Waals surface area (Å²) in [6.07, 6.45) is 2.48. The van der Waals surface area contributed by atoms with Crippen molar-refractivity contribution in [1.82, 2.24) is 4.57 Å². The monoisotopic (exact) mass is 446 g/mol. The van der Waals surface area contributed by atoms with Crippen molar-refractivity contribution < 1.29 is 9.53 Å². The number of hydrogen-bond acceptors (Lipinski definition) is 3. The van der Waals surface area contributed by atoms with Crippen LogP contribution in [0.2, 0.25) is 5.02 Å². The maximum atomic E-state index is 13.0. The average Bonchev–Trinajstić information content (AvgIpc) is 2.93. The van der Waals surface area contributed by atoms with E-state index in [0.29, 0.717) is 21.8 Å². The molecule has 27 heavy (non-hydrogen) atoms. The van der Waals surface area contributed by atoms with Crippen LogP contribution in [0.25, 0.3) is 10.9 Å². The molecule has 2 aromatic carbocycles. The first-order valence-electron chi connectivity index (χ1n) is 8.41. The number of rotatable bonds is 3. The van der Waals surface area contributed by atoms with Crippen molar-refractivity contribution >= 4 is 50.0 Å². The van der Waals surface area contributed by atoms with E-state index in [0.717, 1.165) is 22.0 Å². The van der Waals surface area contributed by atoms with E-state index in [1.54, 1.807) is 30.5 Å². The number of amides is 1. The van der Waals surface area contributed by atoms with Crippen LogP contribution in [0.4, 0.5) is 5.69 Å². The van der Waals surface area contributed by atoms with Gasteiger partial charge in [0, 0.05) is 27.8 Å². The van der Waals surface area contributed by atoms with Crippen molar-refractivity contribution in [3.8, 4) is 5.75 Å². The topological polar surface area (TPSA) is 60.3 Å². The van der Waals surface area contributed by atoms with E-state index in [4.69, 9.17) is 16.3 Å². The number of methoxy groups -OCH3 is 1. The Morgan fingerprint density at radius 3 is 2.81 bits per heavy atom. The smallest absolute Gasteiger partial charge is 0.261 e. The maximum absolute atomic E-state index is 13.0. The molecule has 3 aromatic rings. The second-order valence-electron chi connectivity index (χ2n) is 6.60. The van der Waals surface area contributed by atoms with E-state index < -0.39 is 5.91 Å². The molecular weight excluding hydrogens is 432 g/mol. The molecule has 1 N–H and O–H groups in total. The van der Waals surface area contributed by atoms with Gasteiger partial charge in [0.05, 0.1) is 17.6 Å². The van der Waals surface area contributed by atoms with Gasteiger partial charge in [-0.15, -0.1) is 0 Å². The Kier molecular flexibility index (Phi) is 4.48. The van der Waals surface area contributed by atoms with Gasteiger partial charge in [-0.25, -0.2) is 0 Å². The molecule has 7 heteroatoms. The average molecular weight is 448 g/mol. The molecule has 4 rings (SSSR count). The van der Waals surface area contributed by atoms with Crippen molar-refractivity contribution in [2.24, 2.45) is 0 Å². The molecule has 0 bridgehead atoms. The quantitative estimate of drug-likeness (QED) is 0.628. The first kappa shape index (κ1) is 18.1. The van der Waals surface area contributed by atoms with Crippen LogP contribution in [0.5, 0.6) is 5.75 Å². The number of nitrogens with zero attached hydrogens (tertiary/aromatic N) is 1. The highest BCUT2D eigenvalue weighted by molar-refractivity contribution is 9.10. The molecule has 1 atom stereocenters. The minimum atomic E-state index is -0.465. The summed E-state index contributed by atoms with van der Waals surface area (Å²) in [6, 6.07) is 8.91. The Hall–Kier alpha value is -2.31. The highest BCUT2D eigenvalue weighted by atomic mass is 79.9. The maximum Gasteiger partial charge on any atom is 0.261 e. The number of benzene rings is 2. The second-order valence-corrected chi connectivity index (χ2v) is 7.92. The molecule has 0 radical (unpaired) electrons. The Morgan fingerprint density at radius 1 is 1.33 bits per heavy atom. The summed E-state index contributed by atoms with van der Waals surface area (Å²) in [6.45, 7) is 2.07. The van der Waals surface area contributed by atoms with Gasteiger partial charge >= 0.3 is 0 Å². The number of aromatic nitrogens is 1. The molecule has 0 unspecified atom stereocenters. The van der Waals surface area contributed by atoms with E-state index >= 15 is 0 Å². The summed E-state index contributed by atoms with van der Waals surface area (Å²) < 4.78 is 7.96. The summed E-state index contributed by atoms with van der Waals surface area (Å²) in [5.74, 6) is 0.0485. The summed E-state index contributed by atoms with van der Waals surface area (Å²) in [7, 11) is 1.52. The van der Waals surface area contributed by atoms with Crippen molar-refractivity contribution in [2.45, 2.75) is 19.4 Å². The fraction of sp³-hybridized carbons (Fsp3) is 0.200. The van der Waals surface area contributed by atoms with Gasteiger partial charge in [0.15, 0.2) is 0 Å². The minimum Gasteiger partial charge on any atom is -0.495 e. The molecule has 0 saturated carbocycles. The first-order valence-corrected chi connectivity index (χ1v) is 9.58. The summed E-state index contributed by atoms with van der Waals surface area (Å²) >= 11 is 9.58. The number of pyridine rings is 1. The summed E-state index contributed by atoms with van der Waals surface area (Å²) in [5.41, 5.74) is 2.33. The van der Waals surface area contributed by atoms with Crippen molar-refractivity contribution in [3.05, 3.63) is 67.4 Å². The van der Waals surface area contributed by atoms with Crippen LogP contribution < -0.4 is 15.5 Å². The van der Waals surface area contributed by atoms with Crippen LogP contribution in [0, 0.1) is 0 Å². The Morgan fingerprint density at radius 2 is 2.11 bits per heavy atom. The van der Waals surface area contributed by atoms with E-state index in [9.17, 15) is 9.59 Å². The van der Waals surface area contributed by atoms with Crippen LogP contribution in [-0.2, 0) is 6.42 Å². The van der Waals surface area contributed by atoms with Crippen molar-refractivity contribution in [2.75, 3.05) is 12.4 Å². The Balaban J connectivity index is 1.79. The van der Waals surface area contributed by atoms with E-state index in [1.165, 1.54) is 7.11 Å². The lowest BCUT2D eigenvalue weighted by molar-refractivity contribution is 0.102. The SMILES string of the molecule is COc1ccc(NC(=O)c2cn3c4c(cc(Br)cc4c2=O)C[C@H]3C)cc1Cl. The molecule has 2 heterocycles. The van der Waals surface area contributed by atoms with Gasteiger partial charge in [0.1, 0.15) is 11.3 Å². The molecule has 0 fully saturated rings. The van der Waals surface area contributed by atoms with Gasteiger partial charge in [-0.3, -0.25) is 9.59 Å². The van der Waals surface area contributed by atoms with Gasteiger partial charge in [0.2, 0.25) is 5.43 Å². The van der Waals surface area contributed by atoms with Crippen LogP contribution in [0.3, 0.4) is 0 Å². The van der Waals surface area contributed by atoms with Crippen LogP contribution >= 0.6 is 27.5 Å². The van der Waals surface area contributed by atoms with E-state index in [-0.39, 0.29) is 17.0 Å². The molecule has 0 aliphatic carbocycles. The fourth-order valence-corrected chi connectivity index (χ4v) is 4.33. The van der Waals surface area contributed by atoms with Gasteiger partial charge in [0.25, 0.3) is 5.91 Å².